The molecule has 0 spiro atoms. The maximum absolute atomic E-state index is 11.9. The number of esters is 2. The van der Waals surface area contributed by atoms with Crippen LogP contribution >= 0.6 is 0 Å². The highest BCUT2D eigenvalue weighted by molar-refractivity contribution is 5.89. The van der Waals surface area contributed by atoms with Crippen LogP contribution in [0.1, 0.15) is 50.5 Å². The van der Waals surface area contributed by atoms with Crippen molar-refractivity contribution >= 4 is 11.9 Å². The van der Waals surface area contributed by atoms with E-state index in [0.717, 1.165) is 0 Å². The fraction of sp³-hybridized carbons (Fsp3) is 0.364. The van der Waals surface area contributed by atoms with Gasteiger partial charge < -0.3 is 14.2 Å². The maximum atomic E-state index is 11.9. The first kappa shape index (κ1) is 20.5. The highest BCUT2D eigenvalue weighted by Gasteiger charge is 2.14. The van der Waals surface area contributed by atoms with Gasteiger partial charge in [0.05, 0.1) is 11.7 Å². The van der Waals surface area contributed by atoms with Crippen molar-refractivity contribution in [2.24, 2.45) is 0 Å². The lowest BCUT2D eigenvalue weighted by Gasteiger charge is -2.19. The molecule has 0 fully saturated rings. The van der Waals surface area contributed by atoms with E-state index in [2.05, 4.69) is 20.8 Å². The van der Waals surface area contributed by atoms with Crippen LogP contribution in [0.5, 0.6) is 11.5 Å². The molecule has 5 heteroatoms. The van der Waals surface area contributed by atoms with Crippen LogP contribution in [0, 0.1) is 0 Å². The van der Waals surface area contributed by atoms with E-state index < -0.39 is 11.9 Å². The molecule has 27 heavy (non-hydrogen) atoms. The van der Waals surface area contributed by atoms with Crippen molar-refractivity contribution < 1.29 is 23.8 Å². The summed E-state index contributed by atoms with van der Waals surface area (Å²) in [4.78, 5) is 23.7. The van der Waals surface area contributed by atoms with Gasteiger partial charge in [0, 0.05) is 0 Å². The Hall–Kier alpha value is -2.82. The predicted molar refractivity (Wildman–Crippen MR) is 103 cm³/mol. The van der Waals surface area contributed by atoms with Crippen molar-refractivity contribution in [2.75, 3.05) is 6.61 Å². The Morgan fingerprint density at radius 3 is 1.96 bits per heavy atom. The number of hydrogen-bond acceptors (Lipinski definition) is 5. The summed E-state index contributed by atoms with van der Waals surface area (Å²) in [5.74, 6) is 0.0109. The van der Waals surface area contributed by atoms with Crippen LogP contribution in [-0.4, -0.2) is 24.6 Å². The lowest BCUT2D eigenvalue weighted by Crippen LogP contribution is -2.18. The average Bonchev–Trinajstić information content (AvgIpc) is 2.59. The van der Waals surface area contributed by atoms with Crippen LogP contribution in [-0.2, 0) is 14.9 Å². The van der Waals surface area contributed by atoms with Gasteiger partial charge in [-0.3, -0.25) is 0 Å². The van der Waals surface area contributed by atoms with E-state index in [9.17, 15) is 9.59 Å². The summed E-state index contributed by atoms with van der Waals surface area (Å²) < 4.78 is 15.8. The van der Waals surface area contributed by atoms with Crippen LogP contribution in [0.2, 0.25) is 0 Å². The van der Waals surface area contributed by atoms with Crippen molar-refractivity contribution in [2.45, 2.75) is 46.1 Å². The Bertz CT molecular complexity index is 768. The number of rotatable bonds is 6. The van der Waals surface area contributed by atoms with Gasteiger partial charge in [-0.05, 0) is 61.2 Å². The van der Waals surface area contributed by atoms with Gasteiger partial charge in [0.15, 0.2) is 6.61 Å². The van der Waals surface area contributed by atoms with Crippen molar-refractivity contribution in [3.05, 3.63) is 59.7 Å². The topological polar surface area (TPSA) is 61.8 Å². The molecule has 0 saturated carbocycles. The zero-order chi connectivity index (χ0) is 20.0. The highest BCUT2D eigenvalue weighted by Crippen LogP contribution is 2.24. The van der Waals surface area contributed by atoms with E-state index in [4.69, 9.17) is 14.2 Å². The molecule has 0 saturated heterocycles. The van der Waals surface area contributed by atoms with Crippen LogP contribution in [0.25, 0.3) is 0 Å². The molecule has 2 aromatic carbocycles. The van der Waals surface area contributed by atoms with Crippen molar-refractivity contribution in [3.63, 3.8) is 0 Å². The van der Waals surface area contributed by atoms with Gasteiger partial charge in [0.25, 0.3) is 0 Å². The summed E-state index contributed by atoms with van der Waals surface area (Å²) in [7, 11) is 0. The first-order valence-corrected chi connectivity index (χ1v) is 8.90. The third kappa shape index (κ3) is 6.44. The molecule has 0 bridgehead atoms. The molecular formula is C22H26O5. The number of hydrogen-bond donors (Lipinski definition) is 0. The molecule has 0 aliphatic heterocycles. The van der Waals surface area contributed by atoms with Crippen molar-refractivity contribution in [1.29, 1.82) is 0 Å². The molecule has 144 valence electrons. The van der Waals surface area contributed by atoms with E-state index in [1.54, 1.807) is 38.1 Å². The van der Waals surface area contributed by atoms with Gasteiger partial charge in [-0.2, -0.15) is 0 Å². The van der Waals surface area contributed by atoms with E-state index >= 15 is 0 Å². The molecule has 2 rings (SSSR count). The average molecular weight is 370 g/mol. The SMILES string of the molecule is CC(C)OC(=O)c1ccc(OC(=O)COc2ccc(C(C)(C)C)cc2)cc1. The lowest BCUT2D eigenvalue weighted by atomic mass is 9.87. The standard InChI is InChI=1S/C22H26O5/c1-15(2)26-21(24)16-6-10-19(11-7-16)27-20(23)14-25-18-12-8-17(9-13-18)22(3,4)5/h6-13,15H,14H2,1-5H3. The molecule has 0 heterocycles. The molecule has 0 amide bonds. The largest absolute Gasteiger partial charge is 0.482 e. The van der Waals surface area contributed by atoms with Crippen LogP contribution in [0.15, 0.2) is 48.5 Å². The smallest absolute Gasteiger partial charge is 0.349 e. The second-order valence-corrected chi connectivity index (χ2v) is 7.52. The number of carbonyl (C=O) groups excluding carboxylic acids is 2. The zero-order valence-electron chi connectivity index (χ0n) is 16.4. The Kier molecular flexibility index (Phi) is 6.61. The Morgan fingerprint density at radius 2 is 1.44 bits per heavy atom. The minimum Gasteiger partial charge on any atom is -0.482 e. The molecule has 0 atom stereocenters. The van der Waals surface area contributed by atoms with E-state index in [1.807, 2.05) is 24.3 Å². The maximum Gasteiger partial charge on any atom is 0.349 e. The quantitative estimate of drug-likeness (QED) is 0.552. The van der Waals surface area contributed by atoms with Gasteiger partial charge in [0.1, 0.15) is 11.5 Å². The monoisotopic (exact) mass is 370 g/mol. The van der Waals surface area contributed by atoms with Crippen LogP contribution in [0.3, 0.4) is 0 Å². The molecule has 0 aliphatic rings. The minimum absolute atomic E-state index is 0.0607. The minimum atomic E-state index is -0.521. The van der Waals surface area contributed by atoms with Crippen molar-refractivity contribution in [1.82, 2.24) is 0 Å². The number of carbonyl (C=O) groups is 2. The first-order chi connectivity index (χ1) is 12.6. The second-order valence-electron chi connectivity index (χ2n) is 7.52. The second kappa shape index (κ2) is 8.71. The normalized spacial score (nSPS) is 11.2. The Balaban J connectivity index is 1.86. The van der Waals surface area contributed by atoms with Gasteiger partial charge in [0.2, 0.25) is 0 Å². The molecule has 0 N–H and O–H groups in total. The van der Waals surface area contributed by atoms with Crippen LogP contribution < -0.4 is 9.47 Å². The molecular weight excluding hydrogens is 344 g/mol. The fourth-order valence-corrected chi connectivity index (χ4v) is 2.30. The summed E-state index contributed by atoms with van der Waals surface area (Å²) in [5, 5.41) is 0. The van der Waals surface area contributed by atoms with E-state index in [0.29, 0.717) is 17.1 Å². The Labute approximate surface area is 160 Å². The number of ether oxygens (including phenoxy) is 3. The molecule has 0 unspecified atom stereocenters. The molecule has 0 radical (unpaired) electrons. The Morgan fingerprint density at radius 1 is 0.889 bits per heavy atom. The lowest BCUT2D eigenvalue weighted by molar-refractivity contribution is -0.136. The fourth-order valence-electron chi connectivity index (χ4n) is 2.30. The third-order valence-electron chi connectivity index (χ3n) is 3.74. The predicted octanol–water partition coefficient (Wildman–Crippen LogP) is 4.53. The summed E-state index contributed by atoms with van der Waals surface area (Å²) in [6.07, 6.45) is -0.190. The van der Waals surface area contributed by atoms with E-state index in [1.165, 1.54) is 5.56 Å². The van der Waals surface area contributed by atoms with Gasteiger partial charge >= 0.3 is 11.9 Å². The molecule has 0 aromatic heterocycles. The summed E-state index contributed by atoms with van der Waals surface area (Å²) in [6, 6.07) is 13.8. The first-order valence-electron chi connectivity index (χ1n) is 8.90. The van der Waals surface area contributed by atoms with Gasteiger partial charge in [-0.25, -0.2) is 9.59 Å². The van der Waals surface area contributed by atoms with Gasteiger partial charge in [-0.15, -0.1) is 0 Å². The number of benzene rings is 2. The molecule has 0 aliphatic carbocycles. The van der Waals surface area contributed by atoms with Crippen molar-refractivity contribution in [3.8, 4) is 11.5 Å². The summed E-state index contributed by atoms with van der Waals surface area (Å²) in [6.45, 7) is 9.76. The molecule has 2 aromatic rings. The van der Waals surface area contributed by atoms with Gasteiger partial charge in [-0.1, -0.05) is 32.9 Å². The van der Waals surface area contributed by atoms with Crippen LogP contribution in [0.4, 0.5) is 0 Å². The highest BCUT2D eigenvalue weighted by atomic mass is 16.6. The zero-order valence-corrected chi connectivity index (χ0v) is 16.4. The summed E-state index contributed by atoms with van der Waals surface area (Å²) >= 11 is 0. The summed E-state index contributed by atoms with van der Waals surface area (Å²) in [5.41, 5.74) is 1.65. The third-order valence-corrected chi connectivity index (χ3v) is 3.74. The molecule has 5 nitrogen and oxygen atoms in total. The van der Waals surface area contributed by atoms with E-state index in [-0.39, 0.29) is 18.1 Å².